The number of guanidine groups is 1. The van der Waals surface area contributed by atoms with Crippen LogP contribution in [0.15, 0.2) is 33.5 Å². The minimum absolute atomic E-state index is 0.140. The Morgan fingerprint density at radius 1 is 1.15 bits per heavy atom. The van der Waals surface area contributed by atoms with E-state index in [2.05, 4.69) is 21.3 Å². The summed E-state index contributed by atoms with van der Waals surface area (Å²) < 4.78 is 4.99. The van der Waals surface area contributed by atoms with E-state index in [1.807, 2.05) is 13.0 Å². The van der Waals surface area contributed by atoms with Gasteiger partial charge in [-0.2, -0.15) is 0 Å². The number of aliphatic carboxylic acids is 1. The van der Waals surface area contributed by atoms with E-state index in [9.17, 15) is 24.3 Å². The van der Waals surface area contributed by atoms with E-state index >= 15 is 0 Å². The molecule has 10 N–H and O–H groups in total. The van der Waals surface area contributed by atoms with Gasteiger partial charge < -0.3 is 42.3 Å². The molecule has 0 saturated heterocycles. The zero-order valence-corrected chi connectivity index (χ0v) is 23.0. The molecule has 1 fully saturated rings. The number of carboxylic acids is 1. The van der Waals surface area contributed by atoms with Crippen molar-refractivity contribution >= 4 is 40.4 Å². The highest BCUT2D eigenvalue weighted by atomic mass is 16.4. The monoisotopic (exact) mass is 559 g/mol. The van der Waals surface area contributed by atoms with Crippen molar-refractivity contribution < 1.29 is 23.9 Å². The first-order chi connectivity index (χ1) is 19.0. The van der Waals surface area contributed by atoms with E-state index < -0.39 is 24.0 Å². The van der Waals surface area contributed by atoms with Crippen LogP contribution < -0.4 is 38.4 Å². The van der Waals surface area contributed by atoms with Gasteiger partial charge in [0.25, 0.3) is 0 Å². The highest BCUT2D eigenvalue weighted by Crippen LogP contribution is 2.18. The van der Waals surface area contributed by atoms with Crippen LogP contribution in [0.25, 0.3) is 11.0 Å². The van der Waals surface area contributed by atoms with Gasteiger partial charge in [0.05, 0.1) is 6.54 Å². The van der Waals surface area contributed by atoms with Gasteiger partial charge in [-0.1, -0.05) is 19.3 Å². The molecule has 1 heterocycles. The van der Waals surface area contributed by atoms with E-state index in [-0.39, 0.29) is 30.5 Å². The molecule has 2 unspecified atom stereocenters. The number of aryl methyl sites for hydroxylation is 1. The van der Waals surface area contributed by atoms with Gasteiger partial charge >= 0.3 is 11.6 Å². The molecule has 1 saturated carbocycles. The third kappa shape index (κ3) is 11.3. The summed E-state index contributed by atoms with van der Waals surface area (Å²) in [6.07, 6.45) is 6.28. The molecule has 2 atom stereocenters. The first-order valence-corrected chi connectivity index (χ1v) is 13.4. The minimum Gasteiger partial charge on any atom is -0.480 e. The van der Waals surface area contributed by atoms with E-state index in [0.717, 1.165) is 36.6 Å². The number of nitrogens with two attached hydrogens (primary N) is 2. The van der Waals surface area contributed by atoms with Gasteiger partial charge in [-0.05, 0) is 57.2 Å². The molecule has 220 valence electrons. The first-order valence-electron chi connectivity index (χ1n) is 13.4. The molecule has 1 aromatic carbocycles. The van der Waals surface area contributed by atoms with Crippen LogP contribution in [0.5, 0.6) is 0 Å². The number of rotatable bonds is 11. The maximum absolute atomic E-state index is 12.2. The predicted molar refractivity (Wildman–Crippen MR) is 153 cm³/mol. The standard InChI is InChI=1S/C17H32N6O4.C10H9NO2/c1-11(22-14(24)10-21-12-6-3-2-4-7-12)15(25)23-13(16(26)27)8-5-9-20-17(18)19;1-6-4-10(12)13-9-5-7(11)2-3-8(6)9/h11-13,21H,2-10H2,1H3,(H,22,24)(H,23,25)(H,26,27)(H4,18,19,20);2-5H,11H2,1H3. The van der Waals surface area contributed by atoms with Gasteiger partial charge in [0, 0.05) is 35.8 Å². The Morgan fingerprint density at radius 3 is 2.50 bits per heavy atom. The molecular weight excluding hydrogens is 518 g/mol. The number of fused-ring (bicyclic) bond motifs is 1. The summed E-state index contributed by atoms with van der Waals surface area (Å²) >= 11 is 0. The van der Waals surface area contributed by atoms with Crippen LogP contribution >= 0.6 is 0 Å². The van der Waals surface area contributed by atoms with E-state index in [1.165, 1.54) is 19.4 Å². The zero-order valence-electron chi connectivity index (χ0n) is 23.0. The molecule has 13 heteroatoms. The quantitative estimate of drug-likeness (QED) is 0.0638. The number of carbonyl (C=O) groups is 3. The van der Waals surface area contributed by atoms with Crippen LogP contribution in [0.3, 0.4) is 0 Å². The molecule has 2 amide bonds. The molecular formula is C27H41N7O6. The fraction of sp³-hybridized carbons (Fsp3) is 0.519. The van der Waals surface area contributed by atoms with Crippen molar-refractivity contribution in [1.82, 2.24) is 21.3 Å². The molecule has 40 heavy (non-hydrogen) atoms. The second-order valence-electron chi connectivity index (χ2n) is 9.89. The molecule has 2 aromatic rings. The Morgan fingerprint density at radius 2 is 1.85 bits per heavy atom. The van der Waals surface area contributed by atoms with Gasteiger partial charge in [0.1, 0.15) is 17.7 Å². The van der Waals surface area contributed by atoms with Crippen LogP contribution in [0, 0.1) is 12.3 Å². The average molecular weight is 560 g/mol. The lowest BCUT2D eigenvalue weighted by Gasteiger charge is -2.23. The van der Waals surface area contributed by atoms with Crippen molar-refractivity contribution in [2.75, 3.05) is 18.8 Å². The maximum Gasteiger partial charge on any atom is 0.336 e. The average Bonchev–Trinajstić information content (AvgIpc) is 2.89. The molecule has 0 aliphatic heterocycles. The second kappa shape index (κ2) is 16.1. The van der Waals surface area contributed by atoms with Gasteiger partial charge in [0.15, 0.2) is 5.96 Å². The number of hydrogen-bond donors (Lipinski definition) is 8. The molecule has 0 bridgehead atoms. The van der Waals surface area contributed by atoms with Crippen molar-refractivity contribution in [3.63, 3.8) is 0 Å². The maximum atomic E-state index is 12.2. The largest absolute Gasteiger partial charge is 0.480 e. The zero-order chi connectivity index (χ0) is 29.7. The summed E-state index contributed by atoms with van der Waals surface area (Å²) in [6, 6.07) is 5.21. The highest BCUT2D eigenvalue weighted by Gasteiger charge is 2.24. The van der Waals surface area contributed by atoms with E-state index in [0.29, 0.717) is 30.3 Å². The molecule has 0 radical (unpaired) electrons. The Hall–Kier alpha value is -4.13. The van der Waals surface area contributed by atoms with Crippen LogP contribution in [0.4, 0.5) is 5.69 Å². The summed E-state index contributed by atoms with van der Waals surface area (Å²) in [4.78, 5) is 46.4. The van der Waals surface area contributed by atoms with Crippen molar-refractivity contribution in [2.24, 2.45) is 5.73 Å². The van der Waals surface area contributed by atoms with Crippen LogP contribution in [0.1, 0.15) is 57.4 Å². The van der Waals surface area contributed by atoms with Crippen molar-refractivity contribution in [2.45, 2.75) is 76.9 Å². The number of amides is 2. The molecule has 1 aliphatic rings. The van der Waals surface area contributed by atoms with E-state index in [4.69, 9.17) is 21.3 Å². The number of hydrogen-bond acceptors (Lipinski definition) is 8. The van der Waals surface area contributed by atoms with Crippen molar-refractivity contribution in [1.29, 1.82) is 5.41 Å². The Kier molecular flexibility index (Phi) is 12.9. The summed E-state index contributed by atoms with van der Waals surface area (Å²) in [6.45, 7) is 3.87. The highest BCUT2D eigenvalue weighted by molar-refractivity contribution is 5.90. The van der Waals surface area contributed by atoms with E-state index in [1.54, 1.807) is 12.1 Å². The third-order valence-electron chi connectivity index (χ3n) is 6.50. The smallest absolute Gasteiger partial charge is 0.336 e. The minimum atomic E-state index is -1.15. The lowest BCUT2D eigenvalue weighted by atomic mass is 9.95. The number of carboxylic acid groups (broad SMARTS) is 1. The topological polar surface area (TPSA) is 226 Å². The van der Waals surface area contributed by atoms with Crippen LogP contribution in [-0.4, -0.2) is 60.1 Å². The summed E-state index contributed by atoms with van der Waals surface area (Å²) in [5.74, 6) is -2.18. The fourth-order valence-corrected chi connectivity index (χ4v) is 4.33. The van der Waals surface area contributed by atoms with Gasteiger partial charge in [-0.25, -0.2) is 9.59 Å². The van der Waals surface area contributed by atoms with Crippen LogP contribution in [0.2, 0.25) is 0 Å². The van der Waals surface area contributed by atoms with Crippen molar-refractivity contribution in [3.05, 3.63) is 40.2 Å². The lowest BCUT2D eigenvalue weighted by Crippen LogP contribution is -2.52. The van der Waals surface area contributed by atoms with Gasteiger partial charge in [-0.15, -0.1) is 0 Å². The lowest BCUT2D eigenvalue weighted by molar-refractivity contribution is -0.142. The van der Waals surface area contributed by atoms with Crippen molar-refractivity contribution in [3.8, 4) is 0 Å². The summed E-state index contributed by atoms with van der Waals surface area (Å²) in [7, 11) is 0. The molecule has 1 aromatic heterocycles. The molecule has 0 spiro atoms. The Labute approximate surface area is 232 Å². The number of nitrogen functional groups attached to an aromatic ring is 1. The summed E-state index contributed by atoms with van der Waals surface area (Å²) in [5.41, 5.74) is 12.4. The van der Waals surface area contributed by atoms with Crippen LogP contribution in [-0.2, 0) is 14.4 Å². The second-order valence-corrected chi connectivity index (χ2v) is 9.89. The van der Waals surface area contributed by atoms with Gasteiger partial charge in [0.2, 0.25) is 11.8 Å². The number of anilines is 1. The Bertz CT molecular complexity index is 1230. The third-order valence-corrected chi connectivity index (χ3v) is 6.50. The number of benzene rings is 1. The number of carbonyl (C=O) groups excluding carboxylic acids is 2. The first kappa shape index (κ1) is 32.1. The summed E-state index contributed by atoms with van der Waals surface area (Å²) in [5, 5.41) is 28.0. The predicted octanol–water partition coefficient (Wildman–Crippen LogP) is 0.930. The SMILES string of the molecule is CC(NC(=O)CNC1CCCCC1)C(=O)NC(CCCNC(=N)N)C(=O)O.Cc1cc(=O)oc2cc(N)ccc12. The van der Waals surface area contributed by atoms with Gasteiger partial charge in [-0.3, -0.25) is 15.0 Å². The molecule has 3 rings (SSSR count). The number of nitrogens with one attached hydrogen (secondary N) is 5. The Balaban J connectivity index is 0.000000355. The molecule has 1 aliphatic carbocycles. The normalized spacial score (nSPS) is 14.8. The molecule has 13 nitrogen and oxygen atoms in total. The fourth-order valence-electron chi connectivity index (χ4n) is 4.33.